The Hall–Kier alpha value is -3.67. The minimum absolute atomic E-state index is 0.156. The van der Waals surface area contributed by atoms with Crippen molar-refractivity contribution in [3.8, 4) is 16.9 Å². The zero-order valence-corrected chi connectivity index (χ0v) is 16.5. The minimum Gasteiger partial charge on any atom is -0.497 e. The Bertz CT molecular complexity index is 1220. The number of carbonyl (C=O) groups is 3. The molecular weight excluding hydrogens is 380 g/mol. The molecule has 150 valence electrons. The van der Waals surface area contributed by atoms with Gasteiger partial charge >= 0.3 is 0 Å². The minimum atomic E-state index is -0.596. The van der Waals surface area contributed by atoms with Gasteiger partial charge in [-0.1, -0.05) is 24.3 Å². The average Bonchev–Trinajstić information content (AvgIpc) is 3.08. The van der Waals surface area contributed by atoms with Crippen molar-refractivity contribution in [2.24, 2.45) is 0 Å². The topological polar surface area (TPSA) is 75.7 Å². The number of hydrogen-bond donors (Lipinski definition) is 1. The summed E-state index contributed by atoms with van der Waals surface area (Å²) in [6.45, 7) is 0.374. The van der Waals surface area contributed by atoms with Gasteiger partial charge in [0.05, 0.1) is 7.11 Å². The lowest BCUT2D eigenvalue weighted by molar-refractivity contribution is -0.136. The van der Waals surface area contributed by atoms with E-state index in [4.69, 9.17) is 4.74 Å². The van der Waals surface area contributed by atoms with E-state index in [0.717, 1.165) is 33.2 Å². The summed E-state index contributed by atoms with van der Waals surface area (Å²) in [5, 5.41) is 4.54. The summed E-state index contributed by atoms with van der Waals surface area (Å²) in [6.07, 6.45) is 0.620. The molecule has 2 aliphatic rings. The monoisotopic (exact) mass is 400 g/mol. The first-order valence-electron chi connectivity index (χ1n) is 9.89. The number of nitrogens with zero attached hydrogens (tertiary/aromatic N) is 1. The molecule has 1 N–H and O–H groups in total. The summed E-state index contributed by atoms with van der Waals surface area (Å²) >= 11 is 0. The molecule has 3 amide bonds. The zero-order chi connectivity index (χ0) is 20.8. The number of benzene rings is 3. The Morgan fingerprint density at radius 1 is 0.933 bits per heavy atom. The molecule has 6 nitrogen and oxygen atoms in total. The quantitative estimate of drug-likeness (QED) is 0.685. The number of nitrogens with one attached hydrogen (secondary N) is 1. The third-order valence-electron chi connectivity index (χ3n) is 5.90. The Morgan fingerprint density at radius 3 is 2.47 bits per heavy atom. The fourth-order valence-electron chi connectivity index (χ4n) is 4.28. The normalized spacial score (nSPS) is 18.5. The smallest absolute Gasteiger partial charge is 0.255 e. The number of amides is 3. The molecule has 1 atom stereocenters. The molecule has 5 rings (SSSR count). The average molecular weight is 400 g/mol. The molecule has 0 spiro atoms. The Kier molecular flexibility index (Phi) is 4.28. The molecule has 3 aromatic carbocycles. The predicted octanol–water partition coefficient (Wildman–Crippen LogP) is 3.28. The standard InChI is InChI=1S/C24H20N2O4/c1-30-19-6-4-15-10-14(2-3-17(15)12-19)16-5-7-20-18(11-16)13-26(24(20)29)21-8-9-22(27)25-23(21)28/h2-7,10-12,21H,8-9,13H2,1H3,(H,25,27,28). The van der Waals surface area contributed by atoms with Gasteiger partial charge in [-0.2, -0.15) is 0 Å². The van der Waals surface area contributed by atoms with Crippen molar-refractivity contribution in [1.29, 1.82) is 0 Å². The molecule has 0 saturated carbocycles. The van der Waals surface area contributed by atoms with Crippen molar-refractivity contribution < 1.29 is 19.1 Å². The largest absolute Gasteiger partial charge is 0.497 e. The number of carbonyl (C=O) groups excluding carboxylic acids is 3. The van der Waals surface area contributed by atoms with Crippen LogP contribution < -0.4 is 10.1 Å². The fourth-order valence-corrected chi connectivity index (χ4v) is 4.28. The van der Waals surface area contributed by atoms with Gasteiger partial charge in [0.1, 0.15) is 11.8 Å². The maximum atomic E-state index is 12.9. The first kappa shape index (κ1) is 18.4. The Labute approximate surface area is 173 Å². The van der Waals surface area contributed by atoms with E-state index in [1.165, 1.54) is 0 Å². The predicted molar refractivity (Wildman–Crippen MR) is 112 cm³/mol. The summed E-state index contributed by atoms with van der Waals surface area (Å²) < 4.78 is 5.29. The number of fused-ring (bicyclic) bond motifs is 2. The summed E-state index contributed by atoms with van der Waals surface area (Å²) in [7, 11) is 1.65. The van der Waals surface area contributed by atoms with Crippen molar-refractivity contribution in [1.82, 2.24) is 10.2 Å². The van der Waals surface area contributed by atoms with Gasteiger partial charge in [-0.05, 0) is 64.2 Å². The van der Waals surface area contributed by atoms with Crippen molar-refractivity contribution in [3.05, 3.63) is 65.7 Å². The molecule has 0 aromatic heterocycles. The van der Waals surface area contributed by atoms with E-state index in [1.54, 1.807) is 12.0 Å². The maximum absolute atomic E-state index is 12.9. The van der Waals surface area contributed by atoms with Gasteiger partial charge in [0.15, 0.2) is 0 Å². The molecular formula is C24H20N2O4. The third kappa shape index (κ3) is 3.01. The molecule has 0 radical (unpaired) electrons. The van der Waals surface area contributed by atoms with E-state index < -0.39 is 11.9 Å². The highest BCUT2D eigenvalue weighted by molar-refractivity contribution is 6.05. The van der Waals surface area contributed by atoms with Crippen LogP contribution in [0.4, 0.5) is 0 Å². The SMILES string of the molecule is COc1ccc2cc(-c3ccc4c(c3)CN(C3CCC(=O)NC3=O)C4=O)ccc2c1. The Balaban J connectivity index is 1.45. The van der Waals surface area contributed by atoms with Crippen LogP contribution >= 0.6 is 0 Å². The van der Waals surface area contributed by atoms with Crippen molar-refractivity contribution in [2.75, 3.05) is 7.11 Å². The highest BCUT2D eigenvalue weighted by atomic mass is 16.5. The van der Waals surface area contributed by atoms with Gasteiger partial charge in [0, 0.05) is 18.5 Å². The van der Waals surface area contributed by atoms with Crippen LogP contribution in [0.5, 0.6) is 5.75 Å². The summed E-state index contributed by atoms with van der Waals surface area (Å²) in [5.74, 6) is -0.00861. The van der Waals surface area contributed by atoms with Gasteiger partial charge in [-0.3, -0.25) is 19.7 Å². The van der Waals surface area contributed by atoms with Crippen LogP contribution in [-0.2, 0) is 16.1 Å². The molecule has 1 unspecified atom stereocenters. The van der Waals surface area contributed by atoms with Gasteiger partial charge in [0.25, 0.3) is 5.91 Å². The van der Waals surface area contributed by atoms with E-state index in [2.05, 4.69) is 23.5 Å². The lowest BCUT2D eigenvalue weighted by atomic mass is 9.98. The van der Waals surface area contributed by atoms with E-state index in [-0.39, 0.29) is 18.2 Å². The summed E-state index contributed by atoms with van der Waals surface area (Å²) in [5.41, 5.74) is 3.60. The van der Waals surface area contributed by atoms with Crippen LogP contribution in [0.1, 0.15) is 28.8 Å². The lowest BCUT2D eigenvalue weighted by Gasteiger charge is -2.29. The van der Waals surface area contributed by atoms with Crippen LogP contribution in [0.25, 0.3) is 21.9 Å². The number of hydrogen-bond acceptors (Lipinski definition) is 4. The van der Waals surface area contributed by atoms with Crippen molar-refractivity contribution in [3.63, 3.8) is 0 Å². The fraction of sp³-hybridized carbons (Fsp3) is 0.208. The van der Waals surface area contributed by atoms with Gasteiger partial charge in [-0.25, -0.2) is 0 Å². The van der Waals surface area contributed by atoms with Crippen LogP contribution in [0.15, 0.2) is 54.6 Å². The van der Waals surface area contributed by atoms with Crippen molar-refractivity contribution >= 4 is 28.5 Å². The highest BCUT2D eigenvalue weighted by Gasteiger charge is 2.39. The van der Waals surface area contributed by atoms with Crippen LogP contribution in [0.3, 0.4) is 0 Å². The summed E-state index contributed by atoms with van der Waals surface area (Å²) in [4.78, 5) is 38.1. The molecule has 0 aliphatic carbocycles. The van der Waals surface area contributed by atoms with Crippen molar-refractivity contribution in [2.45, 2.75) is 25.4 Å². The highest BCUT2D eigenvalue weighted by Crippen LogP contribution is 2.32. The zero-order valence-electron chi connectivity index (χ0n) is 16.5. The molecule has 30 heavy (non-hydrogen) atoms. The number of piperidine rings is 1. The third-order valence-corrected chi connectivity index (χ3v) is 5.90. The Morgan fingerprint density at radius 2 is 1.67 bits per heavy atom. The number of rotatable bonds is 3. The van der Waals surface area contributed by atoms with E-state index in [1.807, 2.05) is 36.4 Å². The molecule has 3 aromatic rings. The molecule has 0 bridgehead atoms. The van der Waals surface area contributed by atoms with E-state index in [0.29, 0.717) is 18.5 Å². The van der Waals surface area contributed by atoms with Gasteiger partial charge < -0.3 is 9.64 Å². The first-order chi connectivity index (χ1) is 14.5. The van der Waals surface area contributed by atoms with Gasteiger partial charge in [-0.15, -0.1) is 0 Å². The van der Waals surface area contributed by atoms with Crippen LogP contribution in [0, 0.1) is 0 Å². The number of imide groups is 1. The molecule has 6 heteroatoms. The second-order valence-corrected chi connectivity index (χ2v) is 7.70. The molecule has 1 saturated heterocycles. The molecule has 2 aliphatic heterocycles. The second kappa shape index (κ2) is 6.99. The molecule has 1 fully saturated rings. The van der Waals surface area contributed by atoms with Crippen LogP contribution in [-0.4, -0.2) is 35.8 Å². The van der Waals surface area contributed by atoms with E-state index in [9.17, 15) is 14.4 Å². The van der Waals surface area contributed by atoms with E-state index >= 15 is 0 Å². The lowest BCUT2D eigenvalue weighted by Crippen LogP contribution is -2.52. The van der Waals surface area contributed by atoms with Crippen LogP contribution in [0.2, 0.25) is 0 Å². The second-order valence-electron chi connectivity index (χ2n) is 7.70. The maximum Gasteiger partial charge on any atom is 0.255 e. The number of methoxy groups -OCH3 is 1. The first-order valence-corrected chi connectivity index (χ1v) is 9.89. The number of ether oxygens (including phenoxy) is 1. The van der Waals surface area contributed by atoms with Gasteiger partial charge in [0.2, 0.25) is 11.8 Å². The molecule has 2 heterocycles. The summed E-state index contributed by atoms with van der Waals surface area (Å²) in [6, 6.07) is 17.4.